The van der Waals surface area contributed by atoms with E-state index >= 15 is 0 Å². The van der Waals surface area contributed by atoms with E-state index in [1.165, 1.54) is 21.7 Å². The Morgan fingerprint density at radius 1 is 1.26 bits per heavy atom. The number of hydrogen-bond donors (Lipinski definition) is 1. The van der Waals surface area contributed by atoms with Crippen LogP contribution < -0.4 is 5.32 Å². The molecule has 0 bridgehead atoms. The van der Waals surface area contributed by atoms with Crippen molar-refractivity contribution in [3.63, 3.8) is 0 Å². The van der Waals surface area contributed by atoms with Gasteiger partial charge in [0.15, 0.2) is 5.78 Å². The van der Waals surface area contributed by atoms with Gasteiger partial charge in [-0.05, 0) is 30.9 Å². The number of benzene rings is 1. The van der Waals surface area contributed by atoms with E-state index in [1.54, 1.807) is 18.2 Å². The average Bonchev–Trinajstić information content (AvgIpc) is 3.31. The Balaban J connectivity index is 1.66. The minimum Gasteiger partial charge on any atom is -0.353 e. The fraction of sp³-hybridized carbons (Fsp3) is 0.500. The highest BCUT2D eigenvalue weighted by Crippen LogP contribution is 2.22. The van der Waals surface area contributed by atoms with Crippen molar-refractivity contribution in [2.75, 3.05) is 25.0 Å². The molecule has 2 aromatic rings. The molecule has 7 nitrogen and oxygen atoms in total. The maximum Gasteiger partial charge on any atom is 0.243 e. The van der Waals surface area contributed by atoms with Gasteiger partial charge in [-0.2, -0.15) is 4.31 Å². The lowest BCUT2D eigenvalue weighted by atomic mass is 10.1. The number of ketones is 1. The van der Waals surface area contributed by atoms with Crippen LogP contribution in [0.25, 0.3) is 0 Å². The zero-order chi connectivity index (χ0) is 19.4. The van der Waals surface area contributed by atoms with Crippen LogP contribution >= 0.6 is 11.3 Å². The second-order valence-corrected chi connectivity index (χ2v) is 10.0. The largest absolute Gasteiger partial charge is 0.353 e. The molecule has 1 aromatic carbocycles. The molecule has 0 saturated carbocycles. The van der Waals surface area contributed by atoms with Crippen molar-refractivity contribution in [2.45, 2.75) is 38.0 Å². The first-order chi connectivity index (χ1) is 12.9. The van der Waals surface area contributed by atoms with Crippen LogP contribution in [0.5, 0.6) is 0 Å². The smallest absolute Gasteiger partial charge is 0.243 e. The third-order valence-corrected chi connectivity index (χ3v) is 7.11. The summed E-state index contributed by atoms with van der Waals surface area (Å²) in [5, 5.41) is 12.7. The number of carbonyl (C=O) groups excluding carboxylic acids is 1. The van der Waals surface area contributed by atoms with Gasteiger partial charge >= 0.3 is 0 Å². The van der Waals surface area contributed by atoms with Gasteiger partial charge in [0.05, 0.1) is 11.4 Å². The number of nitrogens with one attached hydrogen (secondary N) is 1. The lowest BCUT2D eigenvalue weighted by Gasteiger charge is -2.15. The monoisotopic (exact) mass is 408 g/mol. The van der Waals surface area contributed by atoms with Crippen molar-refractivity contribution in [3.8, 4) is 0 Å². The van der Waals surface area contributed by atoms with Crippen LogP contribution in [-0.4, -0.2) is 48.3 Å². The van der Waals surface area contributed by atoms with Gasteiger partial charge in [-0.15, -0.1) is 10.2 Å². The summed E-state index contributed by atoms with van der Waals surface area (Å²) in [6, 6.07) is 6.25. The number of Topliss-reactive ketones (excluding diaryl/α,β-unsaturated/α-hetero) is 1. The van der Waals surface area contributed by atoms with E-state index < -0.39 is 10.0 Å². The maximum absolute atomic E-state index is 12.7. The molecule has 1 aromatic heterocycles. The number of nitrogens with zero attached hydrogens (tertiary/aromatic N) is 3. The molecule has 1 aliphatic heterocycles. The molecule has 2 heterocycles. The Kier molecular flexibility index (Phi) is 6.23. The van der Waals surface area contributed by atoms with Gasteiger partial charge in [-0.25, -0.2) is 8.42 Å². The molecule has 27 heavy (non-hydrogen) atoms. The van der Waals surface area contributed by atoms with Crippen LogP contribution in [0.15, 0.2) is 29.2 Å². The Morgan fingerprint density at radius 2 is 2.00 bits per heavy atom. The Hall–Kier alpha value is -1.84. The summed E-state index contributed by atoms with van der Waals surface area (Å²) < 4.78 is 26.8. The fourth-order valence-electron chi connectivity index (χ4n) is 2.92. The summed E-state index contributed by atoms with van der Waals surface area (Å²) in [5.41, 5.74) is 0.370. The number of carbonyl (C=O) groups is 1. The SMILES string of the molecule is CC(C)Cc1nnc(NCC(=O)c2cccc(S(=O)(=O)N3CCCC3)c2)s1. The molecule has 0 amide bonds. The molecule has 1 N–H and O–H groups in total. The first-order valence-corrected chi connectivity index (χ1v) is 11.3. The van der Waals surface area contributed by atoms with Gasteiger partial charge in [0.2, 0.25) is 15.2 Å². The highest BCUT2D eigenvalue weighted by molar-refractivity contribution is 7.89. The zero-order valence-electron chi connectivity index (χ0n) is 15.5. The topological polar surface area (TPSA) is 92.3 Å². The van der Waals surface area contributed by atoms with Crippen molar-refractivity contribution in [1.82, 2.24) is 14.5 Å². The molecule has 1 aliphatic rings. The molecule has 1 fully saturated rings. The molecule has 0 spiro atoms. The van der Waals surface area contributed by atoms with E-state index in [9.17, 15) is 13.2 Å². The molecular formula is C18H24N4O3S2. The Morgan fingerprint density at radius 3 is 2.70 bits per heavy atom. The van der Waals surface area contributed by atoms with Gasteiger partial charge in [0.25, 0.3) is 0 Å². The van der Waals surface area contributed by atoms with E-state index in [0.717, 1.165) is 24.3 Å². The lowest BCUT2D eigenvalue weighted by Crippen LogP contribution is -2.28. The number of sulfonamides is 1. The number of anilines is 1. The van der Waals surface area contributed by atoms with Crippen LogP contribution in [0.2, 0.25) is 0 Å². The predicted molar refractivity (Wildman–Crippen MR) is 106 cm³/mol. The van der Waals surface area contributed by atoms with E-state index in [0.29, 0.717) is 29.7 Å². The van der Waals surface area contributed by atoms with E-state index in [1.807, 2.05) is 0 Å². The maximum atomic E-state index is 12.7. The third-order valence-electron chi connectivity index (χ3n) is 4.31. The molecule has 1 saturated heterocycles. The summed E-state index contributed by atoms with van der Waals surface area (Å²) in [6.45, 7) is 5.35. The molecular weight excluding hydrogens is 384 g/mol. The first kappa shape index (κ1) is 19.9. The summed E-state index contributed by atoms with van der Waals surface area (Å²) in [6.07, 6.45) is 2.61. The minimum atomic E-state index is -3.53. The molecule has 3 rings (SSSR count). The number of aromatic nitrogens is 2. The standard InChI is InChI=1S/C18H24N4O3S2/c1-13(2)10-17-20-21-18(26-17)19-12-16(23)14-6-5-7-15(11-14)27(24,25)22-8-3-4-9-22/h5-7,11,13H,3-4,8-10,12H2,1-2H3,(H,19,21). The second kappa shape index (κ2) is 8.45. The van der Waals surface area contributed by atoms with Crippen molar-refractivity contribution in [2.24, 2.45) is 5.92 Å². The highest BCUT2D eigenvalue weighted by atomic mass is 32.2. The number of rotatable bonds is 8. The predicted octanol–water partition coefficient (Wildman–Crippen LogP) is 2.82. The molecule has 0 radical (unpaired) electrons. The van der Waals surface area contributed by atoms with Gasteiger partial charge < -0.3 is 5.32 Å². The van der Waals surface area contributed by atoms with Crippen molar-refractivity contribution >= 4 is 32.3 Å². The van der Waals surface area contributed by atoms with Gasteiger partial charge in [-0.3, -0.25) is 4.79 Å². The van der Waals surface area contributed by atoms with Crippen LogP contribution in [0.3, 0.4) is 0 Å². The normalized spacial score (nSPS) is 15.4. The van der Waals surface area contributed by atoms with Crippen molar-refractivity contribution < 1.29 is 13.2 Å². The van der Waals surface area contributed by atoms with Crippen molar-refractivity contribution in [1.29, 1.82) is 0 Å². The molecule has 0 atom stereocenters. The molecule has 0 aliphatic carbocycles. The third kappa shape index (κ3) is 4.91. The lowest BCUT2D eigenvalue weighted by molar-refractivity contribution is 0.101. The summed E-state index contributed by atoms with van der Waals surface area (Å²) in [5.74, 6) is 0.307. The van der Waals surface area contributed by atoms with Crippen LogP contribution in [-0.2, 0) is 16.4 Å². The van der Waals surface area contributed by atoms with Crippen LogP contribution in [0.1, 0.15) is 42.1 Å². The Labute approximate surface area is 163 Å². The van der Waals surface area contributed by atoms with E-state index in [2.05, 4.69) is 29.4 Å². The Bertz CT molecular complexity index is 903. The summed E-state index contributed by atoms with van der Waals surface area (Å²) in [4.78, 5) is 12.7. The second-order valence-electron chi connectivity index (χ2n) is 7.01. The van der Waals surface area contributed by atoms with Crippen molar-refractivity contribution in [3.05, 3.63) is 34.8 Å². The highest BCUT2D eigenvalue weighted by Gasteiger charge is 2.27. The zero-order valence-corrected chi connectivity index (χ0v) is 17.1. The average molecular weight is 409 g/mol. The van der Waals surface area contributed by atoms with E-state index in [4.69, 9.17) is 0 Å². The fourth-order valence-corrected chi connectivity index (χ4v) is 5.43. The molecule has 146 valence electrons. The van der Waals surface area contributed by atoms with Crippen LogP contribution in [0, 0.1) is 5.92 Å². The molecule has 0 unspecified atom stereocenters. The summed E-state index contributed by atoms with van der Waals surface area (Å²) >= 11 is 1.43. The molecule has 9 heteroatoms. The minimum absolute atomic E-state index is 0.0452. The van der Waals surface area contributed by atoms with Gasteiger partial charge in [-0.1, -0.05) is 37.3 Å². The van der Waals surface area contributed by atoms with Gasteiger partial charge in [0, 0.05) is 25.1 Å². The van der Waals surface area contributed by atoms with Gasteiger partial charge in [0.1, 0.15) is 5.01 Å². The van der Waals surface area contributed by atoms with E-state index in [-0.39, 0.29) is 17.2 Å². The number of hydrogen-bond acceptors (Lipinski definition) is 7. The van der Waals surface area contributed by atoms with Crippen LogP contribution in [0.4, 0.5) is 5.13 Å². The first-order valence-electron chi connectivity index (χ1n) is 9.06. The summed E-state index contributed by atoms with van der Waals surface area (Å²) in [7, 11) is -3.53. The quantitative estimate of drug-likeness (QED) is 0.675.